The third kappa shape index (κ3) is 6.20. The normalized spacial score (nSPS) is 14.5. The van der Waals surface area contributed by atoms with Crippen molar-refractivity contribution in [3.63, 3.8) is 0 Å². The highest BCUT2D eigenvalue weighted by atomic mass is 32.1. The van der Waals surface area contributed by atoms with Crippen LogP contribution < -0.4 is 0 Å². The van der Waals surface area contributed by atoms with Gasteiger partial charge in [0.1, 0.15) is 6.10 Å². The third-order valence-electron chi connectivity index (χ3n) is 1.32. The molecule has 0 aliphatic heterocycles. The Balaban J connectivity index is 3.88. The van der Waals surface area contributed by atoms with Crippen LogP contribution in [0.5, 0.6) is 0 Å². The zero-order valence-electron chi connectivity index (χ0n) is 8.10. The van der Waals surface area contributed by atoms with Crippen LogP contribution in [0.1, 0.15) is 20.3 Å². The van der Waals surface area contributed by atoms with E-state index in [2.05, 4.69) is 12.2 Å². The van der Waals surface area contributed by atoms with Gasteiger partial charge in [-0.05, 0) is 38.3 Å². The van der Waals surface area contributed by atoms with E-state index in [0.717, 1.165) is 0 Å². The third-order valence-corrected chi connectivity index (χ3v) is 1.86. The first-order valence-corrected chi connectivity index (χ1v) is 5.01. The first-order valence-electron chi connectivity index (χ1n) is 4.19. The Morgan fingerprint density at radius 3 is 2.43 bits per heavy atom. The summed E-state index contributed by atoms with van der Waals surface area (Å²) in [5.74, 6) is 0. The Bertz CT molecular complexity index is 208. The summed E-state index contributed by atoms with van der Waals surface area (Å²) in [5.41, 5.74) is 0. The molecule has 0 bridgehead atoms. The quantitative estimate of drug-likeness (QED) is 0.538. The molecule has 0 amide bonds. The fourth-order valence-corrected chi connectivity index (χ4v) is 1.14. The van der Waals surface area contributed by atoms with Gasteiger partial charge >= 0.3 is 0 Å². The van der Waals surface area contributed by atoms with Gasteiger partial charge in [-0.25, -0.2) is 0 Å². The summed E-state index contributed by atoms with van der Waals surface area (Å²) in [6, 6.07) is 0. The lowest BCUT2D eigenvalue weighted by Gasteiger charge is -2.17. The monoisotopic (exact) mass is 238 g/mol. The van der Waals surface area contributed by atoms with Gasteiger partial charge in [0, 0.05) is 13.0 Å². The van der Waals surface area contributed by atoms with Gasteiger partial charge in [0.15, 0.2) is 16.4 Å². The number of hydrogen-bond acceptors (Lipinski definition) is 5. The maximum absolute atomic E-state index is 9.34. The van der Waals surface area contributed by atoms with Gasteiger partial charge in [-0.2, -0.15) is 0 Å². The molecule has 6 heteroatoms. The number of aliphatic hydroxyl groups excluding tert-OH is 2. The molecule has 0 aromatic carbocycles. The Labute approximate surface area is 93.8 Å². The number of ether oxygens (including phenoxy) is 2. The van der Waals surface area contributed by atoms with E-state index >= 15 is 0 Å². The minimum atomic E-state index is -1.06. The molecular weight excluding hydrogens is 224 g/mol. The first kappa shape index (κ1) is 13.7. The zero-order valence-corrected chi connectivity index (χ0v) is 9.73. The highest BCUT2D eigenvalue weighted by Crippen LogP contribution is 2.03. The highest BCUT2D eigenvalue weighted by Gasteiger charge is 2.16. The first-order chi connectivity index (χ1) is 6.47. The predicted octanol–water partition coefficient (Wildman–Crippen LogP) is 1.35. The van der Waals surface area contributed by atoms with E-state index < -0.39 is 12.4 Å². The second-order valence-corrected chi connectivity index (χ2v) is 3.45. The summed E-state index contributed by atoms with van der Waals surface area (Å²) in [7, 11) is 0. The molecule has 2 atom stereocenters. The average Bonchev–Trinajstić information content (AvgIpc) is 2.02. The molecule has 0 heterocycles. The number of hydrogen-bond donors (Lipinski definition) is 2. The summed E-state index contributed by atoms with van der Waals surface area (Å²) in [6.07, 6.45) is -1.66. The summed E-state index contributed by atoms with van der Waals surface area (Å²) in [5, 5.41) is 17.7. The molecule has 0 aromatic heterocycles. The minimum absolute atomic E-state index is 0.0256. The zero-order chi connectivity index (χ0) is 11.1. The lowest BCUT2D eigenvalue weighted by Crippen LogP contribution is -2.28. The maximum Gasteiger partial charge on any atom is 0.197 e. The van der Waals surface area contributed by atoms with Crippen molar-refractivity contribution in [3.05, 3.63) is 0 Å². The van der Waals surface area contributed by atoms with Crippen molar-refractivity contribution in [2.75, 3.05) is 6.61 Å². The van der Waals surface area contributed by atoms with Crippen molar-refractivity contribution in [2.24, 2.45) is 0 Å². The van der Waals surface area contributed by atoms with Crippen molar-refractivity contribution in [3.8, 4) is 0 Å². The van der Waals surface area contributed by atoms with Gasteiger partial charge in [-0.3, -0.25) is 0 Å². The smallest absolute Gasteiger partial charge is 0.197 e. The van der Waals surface area contributed by atoms with E-state index in [-0.39, 0.29) is 16.5 Å². The Kier molecular flexibility index (Phi) is 6.90. The van der Waals surface area contributed by atoms with Crippen molar-refractivity contribution in [1.29, 1.82) is 0 Å². The van der Waals surface area contributed by atoms with E-state index in [1.54, 1.807) is 6.92 Å². The number of rotatable bonds is 6. The Morgan fingerprint density at radius 2 is 2.00 bits per heavy atom. The van der Waals surface area contributed by atoms with E-state index in [4.69, 9.17) is 26.8 Å². The van der Waals surface area contributed by atoms with Crippen LogP contribution in [0.4, 0.5) is 0 Å². The minimum Gasteiger partial charge on any atom is -0.502 e. The number of thiocarbonyl (C=S) groups is 2. The summed E-state index contributed by atoms with van der Waals surface area (Å²) >= 11 is 9.17. The van der Waals surface area contributed by atoms with Gasteiger partial charge in [0.25, 0.3) is 0 Å². The highest BCUT2D eigenvalue weighted by molar-refractivity contribution is 7.80. The van der Waals surface area contributed by atoms with Crippen LogP contribution in [0.25, 0.3) is 0 Å². The van der Waals surface area contributed by atoms with Crippen molar-refractivity contribution < 1.29 is 19.7 Å². The van der Waals surface area contributed by atoms with E-state index in [0.29, 0.717) is 6.61 Å². The van der Waals surface area contributed by atoms with Crippen LogP contribution in [-0.2, 0) is 9.47 Å². The van der Waals surface area contributed by atoms with Crippen molar-refractivity contribution in [1.82, 2.24) is 0 Å². The average molecular weight is 238 g/mol. The van der Waals surface area contributed by atoms with Crippen LogP contribution in [-0.4, -0.2) is 39.3 Å². The molecule has 0 aliphatic carbocycles. The molecule has 0 rings (SSSR count). The van der Waals surface area contributed by atoms with Gasteiger partial charge in [-0.1, -0.05) is 0 Å². The van der Waals surface area contributed by atoms with Gasteiger partial charge < -0.3 is 19.7 Å². The molecule has 0 saturated carbocycles. The lowest BCUT2D eigenvalue weighted by molar-refractivity contribution is -0.0735. The molecule has 2 unspecified atom stereocenters. The van der Waals surface area contributed by atoms with Crippen LogP contribution in [0.3, 0.4) is 0 Å². The SMILES string of the molecule is CCOC(C)OC(=S)C(O)CC(O)=S. The van der Waals surface area contributed by atoms with Crippen molar-refractivity contribution in [2.45, 2.75) is 32.7 Å². The molecule has 14 heavy (non-hydrogen) atoms. The van der Waals surface area contributed by atoms with Gasteiger partial charge in [-0.15, -0.1) is 0 Å². The van der Waals surface area contributed by atoms with E-state index in [9.17, 15) is 5.11 Å². The molecule has 0 aromatic rings. The summed E-state index contributed by atoms with van der Waals surface area (Å²) < 4.78 is 10.1. The molecule has 0 fully saturated rings. The maximum atomic E-state index is 9.34. The van der Waals surface area contributed by atoms with Crippen LogP contribution >= 0.6 is 24.4 Å². The molecule has 0 saturated heterocycles. The second kappa shape index (κ2) is 7.05. The molecule has 0 radical (unpaired) electrons. The molecule has 0 aliphatic rings. The standard InChI is InChI=1S/C8H14O4S2/c1-3-11-5(2)12-8(14)6(9)4-7(10)13/h5-6,9H,3-4H2,1-2H3,(H,10,13). The number of aliphatic hydroxyl groups is 2. The molecule has 4 nitrogen and oxygen atoms in total. The molecular formula is C8H14O4S2. The van der Waals surface area contributed by atoms with Gasteiger partial charge in [0.05, 0.1) is 0 Å². The predicted molar refractivity (Wildman–Crippen MR) is 60.6 cm³/mol. The van der Waals surface area contributed by atoms with Crippen LogP contribution in [0, 0.1) is 0 Å². The fraction of sp³-hybridized carbons (Fsp3) is 0.750. The van der Waals surface area contributed by atoms with Gasteiger partial charge in [0.2, 0.25) is 0 Å². The van der Waals surface area contributed by atoms with Crippen LogP contribution in [0.2, 0.25) is 0 Å². The van der Waals surface area contributed by atoms with Crippen molar-refractivity contribution >= 4 is 34.5 Å². The fourth-order valence-electron chi connectivity index (χ4n) is 0.760. The largest absolute Gasteiger partial charge is 0.502 e. The molecule has 0 spiro atoms. The molecule has 2 N–H and O–H groups in total. The Morgan fingerprint density at radius 1 is 1.43 bits per heavy atom. The summed E-state index contributed by atoms with van der Waals surface area (Å²) in [6.45, 7) is 3.99. The second-order valence-electron chi connectivity index (χ2n) is 2.57. The Hall–Kier alpha value is -0.300. The topological polar surface area (TPSA) is 58.9 Å². The summed E-state index contributed by atoms with van der Waals surface area (Å²) in [4.78, 5) is 0. The lowest BCUT2D eigenvalue weighted by atomic mass is 10.3. The van der Waals surface area contributed by atoms with E-state index in [1.165, 1.54) is 0 Å². The van der Waals surface area contributed by atoms with E-state index in [1.807, 2.05) is 6.92 Å². The van der Waals surface area contributed by atoms with Crippen LogP contribution in [0.15, 0.2) is 0 Å². The molecule has 82 valence electrons.